The third-order valence-electron chi connectivity index (χ3n) is 3.88. The number of ketones is 1. The second-order valence-electron chi connectivity index (χ2n) is 5.09. The van der Waals surface area contributed by atoms with Crippen LogP contribution in [0.25, 0.3) is 16.8 Å². The van der Waals surface area contributed by atoms with Crippen LogP contribution in [-0.2, 0) is 0 Å². The van der Waals surface area contributed by atoms with Crippen molar-refractivity contribution >= 4 is 5.78 Å². The number of hydrogen-bond acceptors (Lipinski definition) is 1. The molecule has 0 saturated heterocycles. The van der Waals surface area contributed by atoms with E-state index in [9.17, 15) is 4.79 Å². The second kappa shape index (κ2) is 3.94. The third kappa shape index (κ3) is 1.36. The van der Waals surface area contributed by atoms with Crippen LogP contribution in [0.3, 0.4) is 0 Å². The zero-order chi connectivity index (χ0) is 13.7. The van der Waals surface area contributed by atoms with Gasteiger partial charge < -0.3 is 4.57 Å². The molecule has 0 atom stereocenters. The molecule has 0 radical (unpaired) electrons. The topological polar surface area (TPSA) is 22.0 Å². The van der Waals surface area contributed by atoms with Gasteiger partial charge in [-0.05, 0) is 30.7 Å². The highest BCUT2D eigenvalue weighted by Gasteiger charge is 2.31. The number of hydrogen-bond donors (Lipinski definition) is 0. The molecular formula is C18H13NO. The van der Waals surface area contributed by atoms with Crippen LogP contribution < -0.4 is 0 Å². The average Bonchev–Trinajstić information content (AvgIpc) is 2.96. The van der Waals surface area contributed by atoms with Gasteiger partial charge in [-0.1, -0.05) is 42.5 Å². The number of carbonyl (C=O) groups is 1. The molecule has 0 saturated carbocycles. The molecule has 0 spiro atoms. The first-order valence-electron chi connectivity index (χ1n) is 6.69. The summed E-state index contributed by atoms with van der Waals surface area (Å²) in [7, 11) is 0. The maximum Gasteiger partial charge on any atom is 0.211 e. The first-order valence-corrected chi connectivity index (χ1v) is 6.69. The fourth-order valence-electron chi connectivity index (χ4n) is 3.02. The summed E-state index contributed by atoms with van der Waals surface area (Å²) in [6.45, 7) is 2.04. The molecule has 2 aromatic carbocycles. The fraction of sp³-hybridized carbons (Fsp3) is 0.0556. The Morgan fingerprint density at radius 2 is 1.45 bits per heavy atom. The number of aromatic nitrogens is 1. The Kier molecular flexibility index (Phi) is 2.21. The summed E-state index contributed by atoms with van der Waals surface area (Å²) in [6.07, 6.45) is 0. The number of aryl methyl sites for hydroxylation is 1. The molecule has 0 aliphatic heterocycles. The first-order chi connectivity index (χ1) is 9.77. The van der Waals surface area contributed by atoms with Crippen molar-refractivity contribution in [1.29, 1.82) is 0 Å². The largest absolute Gasteiger partial charge is 0.310 e. The van der Waals surface area contributed by atoms with Gasteiger partial charge in [0.15, 0.2) is 0 Å². The number of fused-ring (bicyclic) bond motifs is 3. The normalized spacial score (nSPS) is 12.3. The van der Waals surface area contributed by atoms with Crippen molar-refractivity contribution in [2.75, 3.05) is 0 Å². The lowest BCUT2D eigenvalue weighted by molar-refractivity contribution is 0.103. The summed E-state index contributed by atoms with van der Waals surface area (Å²) in [5, 5.41) is 0. The minimum atomic E-state index is 0.118. The SMILES string of the molecule is Cc1cc2c(n1-c1ccccc1)C(=O)c1ccccc1-2. The van der Waals surface area contributed by atoms with E-state index in [0.717, 1.165) is 33.8 Å². The van der Waals surface area contributed by atoms with Crippen LogP contribution in [-0.4, -0.2) is 10.4 Å². The zero-order valence-electron chi connectivity index (χ0n) is 11.1. The van der Waals surface area contributed by atoms with Crippen LogP contribution in [0.2, 0.25) is 0 Å². The van der Waals surface area contributed by atoms with Crippen molar-refractivity contribution in [2.45, 2.75) is 6.92 Å². The molecule has 96 valence electrons. The van der Waals surface area contributed by atoms with Gasteiger partial charge in [0, 0.05) is 22.5 Å². The van der Waals surface area contributed by atoms with Crippen molar-refractivity contribution in [2.24, 2.45) is 0 Å². The molecule has 0 unspecified atom stereocenters. The molecule has 0 fully saturated rings. The molecule has 2 heteroatoms. The Morgan fingerprint density at radius 1 is 0.800 bits per heavy atom. The smallest absolute Gasteiger partial charge is 0.211 e. The van der Waals surface area contributed by atoms with Crippen LogP contribution in [0.5, 0.6) is 0 Å². The van der Waals surface area contributed by atoms with E-state index in [4.69, 9.17) is 0 Å². The second-order valence-corrected chi connectivity index (χ2v) is 5.09. The fourth-order valence-corrected chi connectivity index (χ4v) is 3.02. The Bertz CT molecular complexity index is 828. The van der Waals surface area contributed by atoms with Crippen LogP contribution in [0.4, 0.5) is 0 Å². The monoisotopic (exact) mass is 259 g/mol. The predicted octanol–water partition coefficient (Wildman–Crippen LogP) is 4.00. The molecule has 1 aromatic heterocycles. The number of rotatable bonds is 1. The van der Waals surface area contributed by atoms with Gasteiger partial charge in [-0.3, -0.25) is 4.79 Å². The van der Waals surface area contributed by atoms with Crippen molar-refractivity contribution in [3.8, 4) is 16.8 Å². The summed E-state index contributed by atoms with van der Waals surface area (Å²) in [4.78, 5) is 12.7. The highest BCUT2D eigenvalue weighted by Crippen LogP contribution is 2.39. The van der Waals surface area contributed by atoms with E-state index in [1.165, 1.54) is 0 Å². The van der Waals surface area contributed by atoms with Crippen molar-refractivity contribution in [1.82, 2.24) is 4.57 Å². The summed E-state index contributed by atoms with van der Waals surface area (Å²) >= 11 is 0. The highest BCUT2D eigenvalue weighted by atomic mass is 16.1. The van der Waals surface area contributed by atoms with E-state index >= 15 is 0 Å². The van der Waals surface area contributed by atoms with Crippen LogP contribution in [0.1, 0.15) is 21.7 Å². The Hall–Kier alpha value is -2.61. The van der Waals surface area contributed by atoms with Gasteiger partial charge in [0.1, 0.15) is 5.69 Å². The summed E-state index contributed by atoms with van der Waals surface area (Å²) < 4.78 is 2.05. The predicted molar refractivity (Wildman–Crippen MR) is 79.4 cm³/mol. The van der Waals surface area contributed by atoms with Crippen LogP contribution >= 0.6 is 0 Å². The highest BCUT2D eigenvalue weighted by molar-refractivity contribution is 6.21. The minimum Gasteiger partial charge on any atom is -0.310 e. The quantitative estimate of drug-likeness (QED) is 0.506. The van der Waals surface area contributed by atoms with E-state index in [1.807, 2.05) is 61.5 Å². The molecule has 2 nitrogen and oxygen atoms in total. The Morgan fingerprint density at radius 3 is 2.20 bits per heavy atom. The molecule has 1 heterocycles. The minimum absolute atomic E-state index is 0.118. The summed E-state index contributed by atoms with van der Waals surface area (Å²) in [5.74, 6) is 0.118. The number of carbonyl (C=O) groups excluding carboxylic acids is 1. The lowest BCUT2D eigenvalue weighted by Crippen LogP contribution is -2.07. The van der Waals surface area contributed by atoms with E-state index in [1.54, 1.807) is 0 Å². The van der Waals surface area contributed by atoms with Gasteiger partial charge >= 0.3 is 0 Å². The molecule has 0 amide bonds. The lowest BCUT2D eigenvalue weighted by Gasteiger charge is -2.09. The van der Waals surface area contributed by atoms with Gasteiger partial charge in [0.25, 0.3) is 0 Å². The van der Waals surface area contributed by atoms with E-state index in [2.05, 4.69) is 10.6 Å². The average molecular weight is 259 g/mol. The van der Waals surface area contributed by atoms with Gasteiger partial charge in [-0.25, -0.2) is 0 Å². The summed E-state index contributed by atoms with van der Waals surface area (Å²) in [5.41, 5.74) is 5.81. The number of nitrogens with zero attached hydrogens (tertiary/aromatic N) is 1. The van der Waals surface area contributed by atoms with Crippen LogP contribution in [0.15, 0.2) is 60.7 Å². The van der Waals surface area contributed by atoms with E-state index < -0.39 is 0 Å². The summed E-state index contributed by atoms with van der Waals surface area (Å²) in [6, 6.07) is 20.0. The standard InChI is InChI=1S/C18H13NO/c1-12-11-16-14-9-5-6-10-15(14)18(20)17(16)19(12)13-7-3-2-4-8-13/h2-11H,1H3. The van der Waals surface area contributed by atoms with Gasteiger partial charge in [-0.15, -0.1) is 0 Å². The molecule has 20 heavy (non-hydrogen) atoms. The van der Waals surface area contributed by atoms with E-state index in [-0.39, 0.29) is 5.78 Å². The van der Waals surface area contributed by atoms with Crippen molar-refractivity contribution < 1.29 is 4.79 Å². The molecular weight excluding hydrogens is 246 g/mol. The number of para-hydroxylation sites is 1. The molecule has 0 N–H and O–H groups in total. The van der Waals surface area contributed by atoms with Crippen molar-refractivity contribution in [3.63, 3.8) is 0 Å². The van der Waals surface area contributed by atoms with Gasteiger partial charge in [0.05, 0.1) is 0 Å². The Labute approximate surface area is 117 Å². The van der Waals surface area contributed by atoms with Gasteiger partial charge in [0.2, 0.25) is 5.78 Å². The van der Waals surface area contributed by atoms with E-state index in [0.29, 0.717) is 0 Å². The molecule has 0 bridgehead atoms. The molecule has 3 aromatic rings. The molecule has 1 aliphatic carbocycles. The maximum atomic E-state index is 12.7. The zero-order valence-corrected chi connectivity index (χ0v) is 11.1. The first kappa shape index (κ1) is 11.2. The van der Waals surface area contributed by atoms with Gasteiger partial charge in [-0.2, -0.15) is 0 Å². The Balaban J connectivity index is 2.04. The lowest BCUT2D eigenvalue weighted by atomic mass is 10.1. The van der Waals surface area contributed by atoms with Crippen LogP contribution in [0, 0.1) is 6.92 Å². The maximum absolute atomic E-state index is 12.7. The molecule has 1 aliphatic rings. The number of benzene rings is 2. The molecule has 4 rings (SSSR count). The van der Waals surface area contributed by atoms with Crippen molar-refractivity contribution in [3.05, 3.63) is 77.6 Å². The third-order valence-corrected chi connectivity index (χ3v) is 3.88.